The first-order valence-electron chi connectivity index (χ1n) is 11.2. The summed E-state index contributed by atoms with van der Waals surface area (Å²) < 4.78 is 2.19. The second kappa shape index (κ2) is 9.16. The predicted molar refractivity (Wildman–Crippen MR) is 129 cm³/mol. The van der Waals surface area contributed by atoms with Gasteiger partial charge in [0.15, 0.2) is 0 Å². The number of pyridine rings is 3. The summed E-state index contributed by atoms with van der Waals surface area (Å²) >= 11 is 6.24. The van der Waals surface area contributed by atoms with E-state index in [9.17, 15) is 5.26 Å². The van der Waals surface area contributed by atoms with Crippen LogP contribution in [0.4, 0.5) is 11.8 Å². The lowest BCUT2D eigenvalue weighted by Crippen LogP contribution is -2.19. The van der Waals surface area contributed by atoms with Gasteiger partial charge in [0, 0.05) is 36.8 Å². The first-order valence-corrected chi connectivity index (χ1v) is 11.6. The topological polar surface area (TPSA) is 92.3 Å². The lowest BCUT2D eigenvalue weighted by atomic mass is 9.83. The fourth-order valence-corrected chi connectivity index (χ4v) is 4.72. The van der Waals surface area contributed by atoms with Crippen molar-refractivity contribution in [3.05, 3.63) is 59.6 Å². The normalized spacial score (nSPS) is 18.2. The molecule has 0 aliphatic heterocycles. The van der Waals surface area contributed by atoms with Crippen molar-refractivity contribution < 1.29 is 0 Å². The Kier molecular flexibility index (Phi) is 5.93. The van der Waals surface area contributed by atoms with Gasteiger partial charge in [-0.15, -0.1) is 0 Å². The molecule has 0 spiro atoms. The molecule has 166 valence electrons. The molecule has 0 aromatic carbocycles. The van der Waals surface area contributed by atoms with Crippen LogP contribution in [0.25, 0.3) is 22.3 Å². The maximum Gasteiger partial charge on any atom is 0.209 e. The van der Waals surface area contributed by atoms with E-state index in [1.54, 1.807) is 24.7 Å². The Balaban J connectivity index is 1.68. The molecule has 0 atom stereocenters. The zero-order valence-corrected chi connectivity index (χ0v) is 19.1. The molecule has 0 saturated heterocycles. The number of aromatic nitrogens is 5. The molecule has 0 amide bonds. The average Bonchev–Trinajstić information content (AvgIpc) is 3.17. The standard InChI is InChI=1S/C25H24ClN7/c1-16-5-7-17(8-6-16)15-33-24-21(31-25(33)32-22-4-2-3-9-29-22)11-20(12-27)30-23(24)18-10-19(26)14-28-13-18/h2-4,9-11,13-14,16-17H,5-8,15H2,1H3,(H,29,31,32)/t16-,17-. The number of rotatable bonds is 5. The van der Waals surface area contributed by atoms with Gasteiger partial charge in [0.05, 0.1) is 21.7 Å². The number of halogens is 1. The fraction of sp³-hybridized carbons (Fsp3) is 0.320. The maximum atomic E-state index is 9.61. The number of nitrogens with zero attached hydrogens (tertiary/aromatic N) is 6. The first-order chi connectivity index (χ1) is 16.1. The van der Waals surface area contributed by atoms with Crippen molar-refractivity contribution in [2.45, 2.75) is 39.2 Å². The van der Waals surface area contributed by atoms with Gasteiger partial charge in [-0.3, -0.25) is 4.98 Å². The Bertz CT molecular complexity index is 1320. The van der Waals surface area contributed by atoms with Gasteiger partial charge in [0.1, 0.15) is 17.6 Å². The van der Waals surface area contributed by atoms with Gasteiger partial charge in [-0.25, -0.2) is 15.0 Å². The van der Waals surface area contributed by atoms with Gasteiger partial charge in [-0.05, 0) is 42.9 Å². The highest BCUT2D eigenvalue weighted by molar-refractivity contribution is 6.30. The molecule has 1 fully saturated rings. The van der Waals surface area contributed by atoms with Gasteiger partial charge in [0.2, 0.25) is 5.95 Å². The number of imidazole rings is 1. The van der Waals surface area contributed by atoms with E-state index in [1.165, 1.54) is 25.7 Å². The second-order valence-electron chi connectivity index (χ2n) is 8.74. The minimum Gasteiger partial charge on any atom is -0.310 e. The molecule has 0 radical (unpaired) electrons. The molecule has 1 saturated carbocycles. The molecular weight excluding hydrogens is 434 g/mol. The van der Waals surface area contributed by atoms with Gasteiger partial charge in [0.25, 0.3) is 0 Å². The van der Waals surface area contributed by atoms with Crippen molar-refractivity contribution in [3.8, 4) is 17.3 Å². The van der Waals surface area contributed by atoms with E-state index in [-0.39, 0.29) is 0 Å². The van der Waals surface area contributed by atoms with Crippen molar-refractivity contribution in [3.63, 3.8) is 0 Å². The lowest BCUT2D eigenvalue weighted by Gasteiger charge is -2.27. The number of anilines is 2. The molecule has 0 unspecified atom stereocenters. The summed E-state index contributed by atoms with van der Waals surface area (Å²) in [5.41, 5.74) is 3.30. The van der Waals surface area contributed by atoms with Crippen LogP contribution in [0.5, 0.6) is 0 Å². The number of hydrogen-bond donors (Lipinski definition) is 1. The monoisotopic (exact) mass is 457 g/mol. The molecule has 1 N–H and O–H groups in total. The van der Waals surface area contributed by atoms with E-state index < -0.39 is 0 Å². The SMILES string of the molecule is C[C@H]1CC[C@H](Cn2c(Nc3ccccn3)nc3cc(C#N)nc(-c4cncc(Cl)c4)c32)CC1. The van der Waals surface area contributed by atoms with Gasteiger partial charge < -0.3 is 9.88 Å². The quantitative estimate of drug-likeness (QED) is 0.396. The Hall–Kier alpha value is -3.50. The summed E-state index contributed by atoms with van der Waals surface area (Å²) in [6, 6.07) is 11.4. The van der Waals surface area contributed by atoms with Crippen molar-refractivity contribution in [1.82, 2.24) is 24.5 Å². The smallest absolute Gasteiger partial charge is 0.209 e. The van der Waals surface area contributed by atoms with Gasteiger partial charge in [-0.2, -0.15) is 5.26 Å². The molecule has 4 aromatic heterocycles. The Morgan fingerprint density at radius 3 is 2.73 bits per heavy atom. The fourth-order valence-electron chi connectivity index (χ4n) is 4.55. The Morgan fingerprint density at radius 2 is 2.00 bits per heavy atom. The molecule has 1 aliphatic rings. The summed E-state index contributed by atoms with van der Waals surface area (Å²) in [6.45, 7) is 3.14. The third-order valence-corrected chi connectivity index (χ3v) is 6.51. The molecule has 0 bridgehead atoms. The van der Waals surface area contributed by atoms with E-state index >= 15 is 0 Å². The number of hydrogen-bond acceptors (Lipinski definition) is 6. The molecular formula is C25H24ClN7. The van der Waals surface area contributed by atoms with Gasteiger partial charge >= 0.3 is 0 Å². The summed E-state index contributed by atoms with van der Waals surface area (Å²) in [6.07, 6.45) is 9.90. The number of nitrogens with one attached hydrogen (secondary N) is 1. The second-order valence-corrected chi connectivity index (χ2v) is 9.18. The molecule has 4 aromatic rings. The highest BCUT2D eigenvalue weighted by Crippen LogP contribution is 2.35. The summed E-state index contributed by atoms with van der Waals surface area (Å²) in [5.74, 6) is 2.73. The number of fused-ring (bicyclic) bond motifs is 1. The zero-order chi connectivity index (χ0) is 22.8. The van der Waals surface area contributed by atoms with Crippen LogP contribution in [-0.2, 0) is 6.54 Å². The van der Waals surface area contributed by atoms with Gasteiger partial charge in [-0.1, -0.05) is 37.4 Å². The van der Waals surface area contributed by atoms with Crippen LogP contribution in [0.15, 0.2) is 48.9 Å². The summed E-state index contributed by atoms with van der Waals surface area (Å²) in [5, 5.41) is 13.5. The molecule has 1 aliphatic carbocycles. The lowest BCUT2D eigenvalue weighted by molar-refractivity contribution is 0.267. The van der Waals surface area contributed by atoms with E-state index in [2.05, 4.69) is 37.8 Å². The molecule has 33 heavy (non-hydrogen) atoms. The average molecular weight is 458 g/mol. The van der Waals surface area contributed by atoms with E-state index in [0.717, 1.165) is 23.5 Å². The largest absolute Gasteiger partial charge is 0.310 e. The zero-order valence-electron chi connectivity index (χ0n) is 18.4. The van der Waals surface area contributed by atoms with Crippen molar-refractivity contribution >= 4 is 34.4 Å². The molecule has 8 heteroatoms. The van der Waals surface area contributed by atoms with Crippen LogP contribution in [0.1, 0.15) is 38.3 Å². The highest BCUT2D eigenvalue weighted by atomic mass is 35.5. The Morgan fingerprint density at radius 1 is 1.15 bits per heavy atom. The summed E-state index contributed by atoms with van der Waals surface area (Å²) in [7, 11) is 0. The minimum absolute atomic E-state index is 0.304. The van der Waals surface area contributed by atoms with Crippen LogP contribution in [0, 0.1) is 23.2 Å². The molecule has 7 nitrogen and oxygen atoms in total. The Labute approximate surface area is 197 Å². The third-order valence-electron chi connectivity index (χ3n) is 6.30. The maximum absolute atomic E-state index is 9.61. The predicted octanol–water partition coefficient (Wildman–Crippen LogP) is 5.98. The minimum atomic E-state index is 0.304. The van der Waals surface area contributed by atoms with Crippen LogP contribution in [0.2, 0.25) is 5.02 Å². The molecule has 4 heterocycles. The number of nitriles is 1. The van der Waals surface area contributed by atoms with Crippen LogP contribution < -0.4 is 5.32 Å². The third kappa shape index (κ3) is 4.53. The molecule has 5 rings (SSSR count). The van der Waals surface area contributed by atoms with Crippen molar-refractivity contribution in [1.29, 1.82) is 5.26 Å². The summed E-state index contributed by atoms with van der Waals surface area (Å²) in [4.78, 5) is 18.2. The van der Waals surface area contributed by atoms with Crippen LogP contribution in [0.3, 0.4) is 0 Å². The van der Waals surface area contributed by atoms with E-state index in [0.29, 0.717) is 39.6 Å². The van der Waals surface area contributed by atoms with Crippen molar-refractivity contribution in [2.75, 3.05) is 5.32 Å². The first kappa shape index (κ1) is 21.4. The van der Waals surface area contributed by atoms with E-state index in [1.807, 2.05) is 24.3 Å². The van der Waals surface area contributed by atoms with E-state index in [4.69, 9.17) is 16.6 Å². The van der Waals surface area contributed by atoms with Crippen LogP contribution >= 0.6 is 11.6 Å². The van der Waals surface area contributed by atoms with Crippen molar-refractivity contribution in [2.24, 2.45) is 11.8 Å². The van der Waals surface area contributed by atoms with Crippen LogP contribution in [-0.4, -0.2) is 24.5 Å². The highest BCUT2D eigenvalue weighted by Gasteiger charge is 2.24.